The molecule has 2 aliphatic heterocycles. The first kappa shape index (κ1) is 43.7. The van der Waals surface area contributed by atoms with Crippen LogP contribution in [0.1, 0.15) is 62.0 Å². The summed E-state index contributed by atoms with van der Waals surface area (Å²) >= 11 is 6.07. The lowest BCUT2D eigenvalue weighted by Gasteiger charge is -2.59. The molecule has 2 aliphatic carbocycles. The van der Waals surface area contributed by atoms with Crippen molar-refractivity contribution in [2.24, 2.45) is 22.9 Å². The molecule has 3 aromatic rings. The number of carbonyl (C=O) groups is 1. The second-order valence-electron chi connectivity index (χ2n) is 15.4. The number of hydrogen-bond donors (Lipinski definition) is 2. The fraction of sp³-hybridized carbons (Fsp3) is 0.467. The van der Waals surface area contributed by atoms with Crippen LogP contribution in [-0.2, 0) is 20.9 Å². The van der Waals surface area contributed by atoms with Gasteiger partial charge in [-0.3, -0.25) is 15.0 Å². The standard InChI is InChI=1S/C45H52ClN3O12/c1-3-20-59-45-41(48(44(52)56-21-17-46)27-29-13-15-39-40(22-29)58-28-57-39)26-37(47-55-2)35-23-30(9-4-6-18-50)34(12-5-7-19-51)42(43(35)45)36-25-33(14-16-38(36)61-45)60-32-11-8-10-31(24-32)49(53)54/h3,8,10-11,13-16,22-25,30,34,41-43,50-51H,1,4-7,9,12,17-21,26-28H2,2H3. The second-order valence-corrected chi connectivity index (χ2v) is 15.8. The number of nitro groups is 1. The number of halogens is 1. The molecule has 0 saturated heterocycles. The van der Waals surface area contributed by atoms with E-state index in [1.54, 1.807) is 35.2 Å². The van der Waals surface area contributed by atoms with Gasteiger partial charge in [-0.2, -0.15) is 0 Å². The highest BCUT2D eigenvalue weighted by molar-refractivity contribution is 6.18. The maximum atomic E-state index is 14.5. The summed E-state index contributed by atoms with van der Waals surface area (Å²) in [6, 6.07) is 16.1. The van der Waals surface area contributed by atoms with Gasteiger partial charge in [0.15, 0.2) is 11.5 Å². The number of carbonyl (C=O) groups excluding carboxylic acids is 1. The Morgan fingerprint density at radius 1 is 1.03 bits per heavy atom. The molecule has 15 nitrogen and oxygen atoms in total. The SMILES string of the molecule is C=CCOC12Oc3ccc(Oc4cccc([N+](=O)[O-])c4)cc3C3C(CCCCO)C(CCCCO)C=C(C(=NOC)CC1N(Cc1ccc4c(c1)OCO4)C(=O)OCCCl)C32. The van der Waals surface area contributed by atoms with Crippen LogP contribution in [0.3, 0.4) is 0 Å². The number of benzene rings is 3. The molecule has 326 valence electrons. The van der Waals surface area contributed by atoms with E-state index >= 15 is 0 Å². The Kier molecular flexibility index (Phi) is 14.3. The van der Waals surface area contributed by atoms with Gasteiger partial charge in [0.05, 0.1) is 35.1 Å². The van der Waals surface area contributed by atoms with Gasteiger partial charge in [-0.25, -0.2) is 4.79 Å². The molecule has 0 aromatic heterocycles. The molecule has 16 heteroatoms. The Bertz CT molecular complexity index is 2110. The maximum Gasteiger partial charge on any atom is 0.410 e. The average molecular weight is 862 g/mol. The summed E-state index contributed by atoms with van der Waals surface area (Å²) in [7, 11) is 1.48. The monoisotopic (exact) mass is 861 g/mol. The van der Waals surface area contributed by atoms with E-state index in [-0.39, 0.29) is 75.5 Å². The number of nitrogens with zero attached hydrogens (tertiary/aromatic N) is 3. The third-order valence-electron chi connectivity index (χ3n) is 11.8. The molecule has 1 fully saturated rings. The number of allylic oxidation sites excluding steroid dienone is 1. The summed E-state index contributed by atoms with van der Waals surface area (Å²) in [6.07, 6.45) is 7.62. The Morgan fingerprint density at radius 3 is 2.56 bits per heavy atom. The molecule has 0 radical (unpaired) electrons. The highest BCUT2D eigenvalue weighted by atomic mass is 35.5. The zero-order valence-electron chi connectivity index (χ0n) is 34.1. The van der Waals surface area contributed by atoms with Crippen LogP contribution >= 0.6 is 11.6 Å². The van der Waals surface area contributed by atoms with Crippen LogP contribution in [0.2, 0.25) is 0 Å². The minimum absolute atomic E-state index is 0.00271. The third-order valence-corrected chi connectivity index (χ3v) is 12.0. The van der Waals surface area contributed by atoms with Gasteiger partial charge < -0.3 is 43.5 Å². The van der Waals surface area contributed by atoms with Gasteiger partial charge >= 0.3 is 6.09 Å². The Balaban J connectivity index is 1.43. The van der Waals surface area contributed by atoms with Crippen molar-refractivity contribution in [1.82, 2.24) is 4.90 Å². The van der Waals surface area contributed by atoms with Gasteiger partial charge in [-0.15, -0.1) is 18.2 Å². The van der Waals surface area contributed by atoms with Crippen LogP contribution in [0.15, 0.2) is 90.1 Å². The highest BCUT2D eigenvalue weighted by Gasteiger charge is 2.65. The summed E-state index contributed by atoms with van der Waals surface area (Å²) in [5.41, 5.74) is 2.92. The Morgan fingerprint density at radius 2 is 1.80 bits per heavy atom. The van der Waals surface area contributed by atoms with E-state index in [0.717, 1.165) is 42.4 Å². The van der Waals surface area contributed by atoms with E-state index in [4.69, 9.17) is 44.9 Å². The Hall–Kier alpha value is -5.35. The second kappa shape index (κ2) is 20.0. The zero-order valence-corrected chi connectivity index (χ0v) is 34.9. The minimum Gasteiger partial charge on any atom is -0.459 e. The van der Waals surface area contributed by atoms with Crippen molar-refractivity contribution in [3.63, 3.8) is 0 Å². The molecule has 7 rings (SSSR count). The van der Waals surface area contributed by atoms with E-state index < -0.39 is 28.8 Å². The largest absolute Gasteiger partial charge is 0.459 e. The number of oxime groups is 1. The molecule has 1 saturated carbocycles. The third kappa shape index (κ3) is 9.30. The molecule has 0 bridgehead atoms. The number of aliphatic hydroxyl groups is 2. The lowest BCUT2D eigenvalue weighted by molar-refractivity contribution is -0.384. The van der Waals surface area contributed by atoms with Gasteiger partial charge in [-0.05, 0) is 85.1 Å². The molecule has 3 aromatic carbocycles. The molecule has 0 spiro atoms. The number of amides is 1. The predicted octanol–water partition coefficient (Wildman–Crippen LogP) is 8.26. The van der Waals surface area contributed by atoms with E-state index in [0.29, 0.717) is 47.3 Å². The van der Waals surface area contributed by atoms with Crippen LogP contribution in [-0.4, -0.2) is 89.9 Å². The van der Waals surface area contributed by atoms with Gasteiger partial charge in [-0.1, -0.05) is 42.3 Å². The van der Waals surface area contributed by atoms with Crippen molar-refractivity contribution in [1.29, 1.82) is 0 Å². The maximum absolute atomic E-state index is 14.5. The molecular formula is C45H52ClN3O12. The zero-order chi connectivity index (χ0) is 42.9. The van der Waals surface area contributed by atoms with Crippen LogP contribution in [0.4, 0.5) is 10.5 Å². The smallest absolute Gasteiger partial charge is 0.410 e. The number of aliphatic hydroxyl groups excluding tert-OH is 2. The highest BCUT2D eigenvalue weighted by Crippen LogP contribution is 2.62. The molecular weight excluding hydrogens is 810 g/mol. The lowest BCUT2D eigenvalue weighted by atomic mass is 9.55. The van der Waals surface area contributed by atoms with Gasteiger partial charge in [0, 0.05) is 43.7 Å². The summed E-state index contributed by atoms with van der Waals surface area (Å²) < 4.78 is 37.6. The molecule has 2 N–H and O–H groups in total. The van der Waals surface area contributed by atoms with Crippen LogP contribution in [0.25, 0.3) is 0 Å². The predicted molar refractivity (Wildman–Crippen MR) is 225 cm³/mol. The molecule has 1 amide bonds. The number of unbranched alkanes of at least 4 members (excludes halogenated alkanes) is 2. The van der Waals surface area contributed by atoms with Gasteiger partial charge in [0.2, 0.25) is 12.6 Å². The molecule has 6 atom stereocenters. The van der Waals surface area contributed by atoms with Crippen molar-refractivity contribution in [2.45, 2.75) is 69.2 Å². The van der Waals surface area contributed by atoms with E-state index in [2.05, 4.69) is 17.8 Å². The molecule has 61 heavy (non-hydrogen) atoms. The first-order valence-electron chi connectivity index (χ1n) is 20.7. The normalized spacial score (nSPS) is 23.8. The number of nitro benzene ring substituents is 1. The van der Waals surface area contributed by atoms with Crippen LogP contribution in [0.5, 0.6) is 28.7 Å². The van der Waals surface area contributed by atoms with Crippen molar-refractivity contribution < 1.29 is 53.2 Å². The van der Waals surface area contributed by atoms with Crippen molar-refractivity contribution >= 4 is 29.1 Å². The minimum atomic E-state index is -1.55. The number of alkyl halides is 1. The molecule has 6 unspecified atom stereocenters. The summed E-state index contributed by atoms with van der Waals surface area (Å²) in [5, 5.41) is 36.0. The molecule has 2 heterocycles. The summed E-state index contributed by atoms with van der Waals surface area (Å²) in [6.45, 7) is 4.26. The number of non-ortho nitro benzene ring substituents is 1. The van der Waals surface area contributed by atoms with Crippen molar-refractivity contribution in [3.05, 3.63) is 106 Å². The Labute approximate surface area is 359 Å². The number of ether oxygens (including phenoxy) is 6. The van der Waals surface area contributed by atoms with Crippen LogP contribution < -0.4 is 18.9 Å². The van der Waals surface area contributed by atoms with Gasteiger partial charge in [0.1, 0.15) is 37.0 Å². The van der Waals surface area contributed by atoms with Crippen molar-refractivity contribution in [2.75, 3.05) is 46.2 Å². The van der Waals surface area contributed by atoms with Crippen LogP contribution in [0, 0.1) is 27.9 Å². The van der Waals surface area contributed by atoms with Crippen molar-refractivity contribution in [3.8, 4) is 28.7 Å². The quantitative estimate of drug-likeness (QED) is 0.0366. The summed E-state index contributed by atoms with van der Waals surface area (Å²) in [5.74, 6) is -0.0441. The fourth-order valence-electron chi connectivity index (χ4n) is 9.37. The molecule has 4 aliphatic rings. The number of fused-ring (bicyclic) bond motifs is 3. The first-order valence-corrected chi connectivity index (χ1v) is 21.2. The summed E-state index contributed by atoms with van der Waals surface area (Å²) in [4.78, 5) is 32.8. The lowest BCUT2D eigenvalue weighted by Crippen LogP contribution is -2.70. The van der Waals surface area contributed by atoms with E-state index in [1.165, 1.54) is 19.2 Å². The van der Waals surface area contributed by atoms with E-state index in [9.17, 15) is 25.1 Å². The average Bonchev–Trinajstić information content (AvgIpc) is 3.74. The number of hydrogen-bond acceptors (Lipinski definition) is 13. The fourth-order valence-corrected chi connectivity index (χ4v) is 9.44. The van der Waals surface area contributed by atoms with E-state index in [1.807, 2.05) is 24.3 Å². The topological polar surface area (TPSA) is 181 Å². The first-order chi connectivity index (χ1) is 29.7. The van der Waals surface area contributed by atoms with Gasteiger partial charge in [0.25, 0.3) is 5.69 Å². The number of rotatable bonds is 20.